The van der Waals surface area contributed by atoms with Crippen LogP contribution in [-0.4, -0.2) is 31.3 Å². The van der Waals surface area contributed by atoms with Crippen LogP contribution in [0.2, 0.25) is 0 Å². The van der Waals surface area contributed by atoms with Crippen molar-refractivity contribution < 1.29 is 27.8 Å². The number of aliphatic hydroxyl groups is 1. The summed E-state index contributed by atoms with van der Waals surface area (Å²) in [7, 11) is 0. The van der Waals surface area contributed by atoms with Crippen molar-refractivity contribution in [2.75, 3.05) is 20.0 Å². The fraction of sp³-hybridized carbons (Fsp3) is 0.385. The van der Waals surface area contributed by atoms with Gasteiger partial charge >= 0.3 is 6.18 Å². The normalized spacial score (nSPS) is 10.7. The number of aliphatic hydroxyl groups excluding tert-OH is 1. The Kier molecular flexibility index (Phi) is 6.19. The van der Waals surface area contributed by atoms with Gasteiger partial charge in [-0.05, 0) is 12.1 Å². The second-order valence-electron chi connectivity index (χ2n) is 3.50. The Labute approximate surface area is 109 Å². The second kappa shape index (κ2) is 7.67. The number of halogens is 3. The van der Waals surface area contributed by atoms with Crippen LogP contribution in [0.25, 0.3) is 0 Å². The van der Waals surface area contributed by atoms with Crippen molar-refractivity contribution in [3.05, 3.63) is 29.8 Å². The van der Waals surface area contributed by atoms with Gasteiger partial charge in [-0.2, -0.15) is 13.2 Å². The molecule has 1 N–H and O–H groups in total. The average Bonchev–Trinajstić information content (AvgIpc) is 2.35. The lowest BCUT2D eigenvalue weighted by Crippen LogP contribution is -2.19. The molecule has 0 fully saturated rings. The van der Waals surface area contributed by atoms with Gasteiger partial charge in [0.2, 0.25) is 0 Å². The Morgan fingerprint density at radius 1 is 1.21 bits per heavy atom. The van der Waals surface area contributed by atoms with Gasteiger partial charge in [0.15, 0.2) is 6.79 Å². The quantitative estimate of drug-likeness (QED) is 0.509. The van der Waals surface area contributed by atoms with Crippen molar-refractivity contribution in [2.24, 2.45) is 0 Å². The summed E-state index contributed by atoms with van der Waals surface area (Å²) in [4.78, 5) is 0. The number of benzene rings is 1. The molecule has 3 nitrogen and oxygen atoms in total. The van der Waals surface area contributed by atoms with Crippen molar-refractivity contribution >= 4 is 0 Å². The van der Waals surface area contributed by atoms with Gasteiger partial charge in [0, 0.05) is 6.42 Å². The third kappa shape index (κ3) is 6.70. The molecule has 1 aromatic carbocycles. The largest absolute Gasteiger partial charge is 0.466 e. The van der Waals surface area contributed by atoms with E-state index in [4.69, 9.17) is 9.84 Å². The lowest BCUT2D eigenvalue weighted by Gasteiger charge is -2.10. The van der Waals surface area contributed by atoms with Crippen LogP contribution in [0, 0.1) is 11.8 Å². The van der Waals surface area contributed by atoms with Crippen LogP contribution in [0.3, 0.4) is 0 Å². The summed E-state index contributed by atoms with van der Waals surface area (Å²) in [6.07, 6.45) is -4.05. The number of hydrogen-bond donors (Lipinski definition) is 1. The molecule has 0 saturated heterocycles. The Hall–Kier alpha value is -1.71. The molecule has 1 rings (SSSR count). The first-order valence-corrected chi connectivity index (χ1v) is 5.49. The Bertz CT molecular complexity index is 446. The number of alkyl halides is 3. The summed E-state index contributed by atoms with van der Waals surface area (Å²) in [5.41, 5.74) is 0.534. The molecule has 1 aromatic rings. The lowest BCUT2D eigenvalue weighted by atomic mass is 10.2. The van der Waals surface area contributed by atoms with Gasteiger partial charge in [-0.25, -0.2) is 0 Å². The molecule has 104 valence electrons. The van der Waals surface area contributed by atoms with Gasteiger partial charge in [-0.3, -0.25) is 0 Å². The minimum absolute atomic E-state index is 0.0509. The highest BCUT2D eigenvalue weighted by Gasteiger charge is 2.27. The molecule has 0 aliphatic carbocycles. The summed E-state index contributed by atoms with van der Waals surface area (Å²) in [6.45, 7) is -1.91. The standard InChI is InChI=1S/C13H13F3O3/c14-13(15,16)9-18-10-19-12-7-2-1-5-11(12)6-3-4-8-17/h1-2,5,7,17H,4,8-10H2. The van der Waals surface area contributed by atoms with E-state index in [0.717, 1.165) is 0 Å². The van der Waals surface area contributed by atoms with E-state index in [1.807, 2.05) is 0 Å². The van der Waals surface area contributed by atoms with Crippen LogP contribution in [0.1, 0.15) is 12.0 Å². The van der Waals surface area contributed by atoms with E-state index in [1.54, 1.807) is 24.3 Å². The maximum absolute atomic E-state index is 11.8. The lowest BCUT2D eigenvalue weighted by molar-refractivity contribution is -0.186. The minimum Gasteiger partial charge on any atom is -0.466 e. The number of para-hydroxylation sites is 1. The molecule has 0 spiro atoms. The number of rotatable bonds is 5. The van der Waals surface area contributed by atoms with Crippen LogP contribution in [-0.2, 0) is 4.74 Å². The Balaban J connectivity index is 2.52. The van der Waals surface area contributed by atoms with E-state index in [2.05, 4.69) is 16.6 Å². The summed E-state index contributed by atoms with van der Waals surface area (Å²) in [6, 6.07) is 6.66. The van der Waals surface area contributed by atoms with Gasteiger partial charge in [-0.15, -0.1) is 0 Å². The van der Waals surface area contributed by atoms with Crippen molar-refractivity contribution in [3.8, 4) is 17.6 Å². The predicted molar refractivity (Wildman–Crippen MR) is 62.5 cm³/mol. The highest BCUT2D eigenvalue weighted by molar-refractivity contribution is 5.45. The molecule has 19 heavy (non-hydrogen) atoms. The third-order valence-electron chi connectivity index (χ3n) is 1.91. The SMILES string of the molecule is OCCC#Cc1ccccc1OCOCC(F)(F)F. The van der Waals surface area contributed by atoms with Crippen molar-refractivity contribution in [1.82, 2.24) is 0 Å². The van der Waals surface area contributed by atoms with Gasteiger partial charge in [0.05, 0.1) is 12.2 Å². The third-order valence-corrected chi connectivity index (χ3v) is 1.91. The summed E-state index contributed by atoms with van der Waals surface area (Å²) in [5, 5.41) is 8.60. The molecular formula is C13H13F3O3. The van der Waals surface area contributed by atoms with Crippen LogP contribution < -0.4 is 4.74 Å². The zero-order valence-corrected chi connectivity index (χ0v) is 10.0. The summed E-state index contributed by atoms with van der Waals surface area (Å²) < 4.78 is 44.9. The van der Waals surface area contributed by atoms with E-state index >= 15 is 0 Å². The average molecular weight is 274 g/mol. The van der Waals surface area contributed by atoms with Crippen LogP contribution in [0.4, 0.5) is 13.2 Å². The molecule has 0 unspecified atom stereocenters. The number of ether oxygens (including phenoxy) is 2. The van der Waals surface area contributed by atoms with Gasteiger partial charge in [0.1, 0.15) is 12.4 Å². The molecule has 6 heteroatoms. The molecule has 0 saturated carbocycles. The van der Waals surface area contributed by atoms with E-state index < -0.39 is 19.6 Å². The summed E-state index contributed by atoms with van der Waals surface area (Å²) >= 11 is 0. The highest BCUT2D eigenvalue weighted by atomic mass is 19.4. The topological polar surface area (TPSA) is 38.7 Å². The maximum atomic E-state index is 11.8. The number of hydrogen-bond acceptors (Lipinski definition) is 3. The Morgan fingerprint density at radius 2 is 1.95 bits per heavy atom. The van der Waals surface area contributed by atoms with Gasteiger partial charge < -0.3 is 14.6 Å². The molecule has 0 radical (unpaired) electrons. The molecule has 0 aromatic heterocycles. The zero-order chi connectivity index (χ0) is 14.1. The van der Waals surface area contributed by atoms with E-state index in [0.29, 0.717) is 17.7 Å². The van der Waals surface area contributed by atoms with E-state index in [1.165, 1.54) is 0 Å². The van der Waals surface area contributed by atoms with Crippen molar-refractivity contribution in [1.29, 1.82) is 0 Å². The zero-order valence-electron chi connectivity index (χ0n) is 10.0. The predicted octanol–water partition coefficient (Wildman–Crippen LogP) is 2.34. The molecule has 0 amide bonds. The first-order chi connectivity index (χ1) is 9.03. The van der Waals surface area contributed by atoms with Gasteiger partial charge in [-0.1, -0.05) is 24.0 Å². The molecule has 0 atom stereocenters. The molecular weight excluding hydrogens is 261 g/mol. The van der Waals surface area contributed by atoms with Crippen LogP contribution in [0.15, 0.2) is 24.3 Å². The molecule has 0 aliphatic rings. The Morgan fingerprint density at radius 3 is 2.63 bits per heavy atom. The smallest absolute Gasteiger partial charge is 0.411 e. The maximum Gasteiger partial charge on any atom is 0.411 e. The van der Waals surface area contributed by atoms with Gasteiger partial charge in [0.25, 0.3) is 0 Å². The van der Waals surface area contributed by atoms with Crippen molar-refractivity contribution in [2.45, 2.75) is 12.6 Å². The van der Waals surface area contributed by atoms with Crippen LogP contribution >= 0.6 is 0 Å². The fourth-order valence-electron chi connectivity index (χ4n) is 1.17. The van der Waals surface area contributed by atoms with E-state index in [9.17, 15) is 13.2 Å². The van der Waals surface area contributed by atoms with Crippen LogP contribution in [0.5, 0.6) is 5.75 Å². The monoisotopic (exact) mass is 274 g/mol. The summed E-state index contributed by atoms with van der Waals surface area (Å²) in [5.74, 6) is 5.81. The highest BCUT2D eigenvalue weighted by Crippen LogP contribution is 2.18. The fourth-order valence-corrected chi connectivity index (χ4v) is 1.17. The molecule has 0 heterocycles. The molecule has 0 aliphatic heterocycles. The first-order valence-electron chi connectivity index (χ1n) is 5.49. The second-order valence-corrected chi connectivity index (χ2v) is 3.50. The molecule has 0 bridgehead atoms. The van der Waals surface area contributed by atoms with Crippen molar-refractivity contribution in [3.63, 3.8) is 0 Å². The first kappa shape index (κ1) is 15.3. The minimum atomic E-state index is -4.37. The van der Waals surface area contributed by atoms with E-state index in [-0.39, 0.29) is 6.61 Å².